The molecule has 0 saturated carbocycles. The van der Waals surface area contributed by atoms with Crippen molar-refractivity contribution in [3.05, 3.63) is 52.8 Å². The molecule has 1 aromatic heterocycles. The van der Waals surface area contributed by atoms with Crippen molar-refractivity contribution in [2.45, 2.75) is 6.92 Å². The fraction of sp³-hybridized carbons (Fsp3) is 0.0769. The Morgan fingerprint density at radius 1 is 1.22 bits per heavy atom. The van der Waals surface area contributed by atoms with Gasteiger partial charge in [0, 0.05) is 11.3 Å². The maximum Gasteiger partial charge on any atom is 0.255 e. The molecule has 1 heterocycles. The van der Waals surface area contributed by atoms with E-state index in [9.17, 15) is 4.79 Å². The number of amides is 1. The number of rotatable bonds is 2. The highest BCUT2D eigenvalue weighted by atomic mass is 35.5. The Balaban J connectivity index is 2.18. The van der Waals surface area contributed by atoms with Crippen LogP contribution in [0.2, 0.25) is 5.15 Å². The van der Waals surface area contributed by atoms with Crippen LogP contribution in [0.1, 0.15) is 16.1 Å². The first-order chi connectivity index (χ1) is 8.56. The van der Waals surface area contributed by atoms with E-state index in [1.807, 2.05) is 0 Å². The molecule has 0 saturated heterocycles. The maximum absolute atomic E-state index is 11.9. The zero-order chi connectivity index (χ0) is 13.1. The lowest BCUT2D eigenvalue weighted by atomic mass is 10.2. The highest BCUT2D eigenvalue weighted by molar-refractivity contribution is 6.29. The lowest BCUT2D eigenvalue weighted by Gasteiger charge is -2.08. The summed E-state index contributed by atoms with van der Waals surface area (Å²) in [7, 11) is 0. The number of benzene rings is 1. The van der Waals surface area contributed by atoms with Gasteiger partial charge in [0.25, 0.3) is 5.91 Å². The number of halogens is 1. The average molecular weight is 262 g/mol. The van der Waals surface area contributed by atoms with Crippen LogP contribution < -0.4 is 11.1 Å². The molecule has 4 nitrogen and oxygen atoms in total. The molecule has 0 aliphatic heterocycles. The normalized spacial score (nSPS) is 10.1. The lowest BCUT2D eigenvalue weighted by Crippen LogP contribution is -2.13. The summed E-state index contributed by atoms with van der Waals surface area (Å²) < 4.78 is 0. The second-order valence-electron chi connectivity index (χ2n) is 3.84. The van der Waals surface area contributed by atoms with Crippen LogP contribution in [-0.4, -0.2) is 10.9 Å². The highest BCUT2D eigenvalue weighted by Crippen LogP contribution is 2.17. The molecule has 3 N–H and O–H groups in total. The van der Waals surface area contributed by atoms with Crippen LogP contribution in [0.25, 0.3) is 0 Å². The summed E-state index contributed by atoms with van der Waals surface area (Å²) in [5.41, 5.74) is 8.04. The summed E-state index contributed by atoms with van der Waals surface area (Å²) in [4.78, 5) is 16.0. The number of pyridine rings is 1. The number of nitrogens with zero attached hydrogens (tertiary/aromatic N) is 1. The van der Waals surface area contributed by atoms with Gasteiger partial charge < -0.3 is 11.1 Å². The van der Waals surface area contributed by atoms with Crippen LogP contribution in [0.3, 0.4) is 0 Å². The third-order valence-electron chi connectivity index (χ3n) is 2.47. The van der Waals surface area contributed by atoms with E-state index in [1.165, 1.54) is 0 Å². The van der Waals surface area contributed by atoms with E-state index in [4.69, 9.17) is 17.3 Å². The van der Waals surface area contributed by atoms with Crippen molar-refractivity contribution in [3.63, 3.8) is 0 Å². The number of carbonyl (C=O) groups excluding carboxylic acids is 1. The van der Waals surface area contributed by atoms with Gasteiger partial charge in [-0.1, -0.05) is 11.6 Å². The minimum atomic E-state index is -0.206. The summed E-state index contributed by atoms with van der Waals surface area (Å²) >= 11 is 5.75. The monoisotopic (exact) mass is 261 g/mol. The van der Waals surface area contributed by atoms with E-state index in [-0.39, 0.29) is 5.91 Å². The van der Waals surface area contributed by atoms with Crippen molar-refractivity contribution in [2.75, 3.05) is 11.1 Å². The highest BCUT2D eigenvalue weighted by Gasteiger charge is 2.08. The first kappa shape index (κ1) is 12.4. The molecule has 2 rings (SSSR count). The third-order valence-corrected chi connectivity index (χ3v) is 2.68. The van der Waals surface area contributed by atoms with Gasteiger partial charge in [0.05, 0.1) is 11.4 Å². The van der Waals surface area contributed by atoms with E-state index >= 15 is 0 Å². The summed E-state index contributed by atoms with van der Waals surface area (Å²) in [6.07, 6.45) is 0. The van der Waals surface area contributed by atoms with E-state index in [0.717, 1.165) is 0 Å². The standard InChI is InChI=1S/C13H12ClN3O/c1-8-11(6-7-12(14)16-8)17-13(18)9-2-4-10(15)5-3-9/h2-7H,15H2,1H3,(H,17,18). The molecule has 5 heteroatoms. The summed E-state index contributed by atoms with van der Waals surface area (Å²) in [5.74, 6) is -0.206. The summed E-state index contributed by atoms with van der Waals surface area (Å²) in [6.45, 7) is 1.78. The first-order valence-electron chi connectivity index (χ1n) is 5.36. The molecule has 1 aromatic carbocycles. The number of carbonyl (C=O) groups is 1. The van der Waals surface area contributed by atoms with Crippen molar-refractivity contribution >= 4 is 28.9 Å². The zero-order valence-electron chi connectivity index (χ0n) is 9.77. The first-order valence-corrected chi connectivity index (χ1v) is 5.74. The van der Waals surface area contributed by atoms with Gasteiger partial charge >= 0.3 is 0 Å². The SMILES string of the molecule is Cc1nc(Cl)ccc1NC(=O)c1ccc(N)cc1. The fourth-order valence-corrected chi connectivity index (χ4v) is 1.68. The fourth-order valence-electron chi connectivity index (χ4n) is 1.49. The quantitative estimate of drug-likeness (QED) is 0.645. The average Bonchev–Trinajstić information content (AvgIpc) is 2.33. The molecule has 0 bridgehead atoms. The minimum absolute atomic E-state index is 0.206. The van der Waals surface area contributed by atoms with Gasteiger partial charge in [-0.3, -0.25) is 4.79 Å². The molecule has 0 aliphatic carbocycles. The molecule has 0 radical (unpaired) electrons. The second kappa shape index (κ2) is 5.06. The number of aromatic nitrogens is 1. The molecule has 0 spiro atoms. The van der Waals surface area contributed by atoms with Crippen LogP contribution in [0.4, 0.5) is 11.4 Å². The van der Waals surface area contributed by atoms with Gasteiger partial charge in [0.1, 0.15) is 5.15 Å². The van der Waals surface area contributed by atoms with Gasteiger partial charge in [-0.25, -0.2) is 4.98 Å². The Bertz CT molecular complexity index is 581. The van der Waals surface area contributed by atoms with E-state index in [0.29, 0.717) is 27.8 Å². The van der Waals surface area contributed by atoms with Crippen molar-refractivity contribution in [1.82, 2.24) is 4.98 Å². The zero-order valence-corrected chi connectivity index (χ0v) is 10.5. The van der Waals surface area contributed by atoms with Crippen molar-refractivity contribution in [2.24, 2.45) is 0 Å². The van der Waals surface area contributed by atoms with Crippen molar-refractivity contribution < 1.29 is 4.79 Å². The van der Waals surface area contributed by atoms with Crippen LogP contribution in [0.15, 0.2) is 36.4 Å². The summed E-state index contributed by atoms with van der Waals surface area (Å²) in [5, 5.41) is 3.17. The molecule has 0 unspecified atom stereocenters. The van der Waals surface area contributed by atoms with Gasteiger partial charge in [-0.05, 0) is 43.3 Å². The van der Waals surface area contributed by atoms with E-state index in [1.54, 1.807) is 43.3 Å². The van der Waals surface area contributed by atoms with Gasteiger partial charge in [-0.15, -0.1) is 0 Å². The Morgan fingerprint density at radius 3 is 2.50 bits per heavy atom. The molecule has 2 aromatic rings. The molecular weight excluding hydrogens is 250 g/mol. The topological polar surface area (TPSA) is 68.0 Å². The lowest BCUT2D eigenvalue weighted by molar-refractivity contribution is 0.102. The number of nitrogens with one attached hydrogen (secondary N) is 1. The number of nitrogen functional groups attached to an aromatic ring is 1. The number of aryl methyl sites for hydroxylation is 1. The predicted molar refractivity (Wildman–Crippen MR) is 72.8 cm³/mol. The Hall–Kier alpha value is -2.07. The third kappa shape index (κ3) is 2.78. The molecule has 92 valence electrons. The summed E-state index contributed by atoms with van der Waals surface area (Å²) in [6, 6.07) is 10.1. The second-order valence-corrected chi connectivity index (χ2v) is 4.23. The van der Waals surface area contributed by atoms with Gasteiger partial charge in [0.15, 0.2) is 0 Å². The molecule has 18 heavy (non-hydrogen) atoms. The van der Waals surface area contributed by atoms with Crippen molar-refractivity contribution in [1.29, 1.82) is 0 Å². The van der Waals surface area contributed by atoms with Crippen LogP contribution >= 0.6 is 11.6 Å². The van der Waals surface area contributed by atoms with Gasteiger partial charge in [-0.2, -0.15) is 0 Å². The van der Waals surface area contributed by atoms with Gasteiger partial charge in [0.2, 0.25) is 0 Å². The number of anilines is 2. The predicted octanol–water partition coefficient (Wildman–Crippen LogP) is 2.88. The Morgan fingerprint density at radius 2 is 1.89 bits per heavy atom. The van der Waals surface area contributed by atoms with Crippen LogP contribution in [0.5, 0.6) is 0 Å². The largest absolute Gasteiger partial charge is 0.399 e. The molecular formula is C13H12ClN3O. The molecule has 0 aliphatic rings. The maximum atomic E-state index is 11.9. The van der Waals surface area contributed by atoms with Crippen LogP contribution in [0, 0.1) is 6.92 Å². The molecule has 1 amide bonds. The number of nitrogens with two attached hydrogens (primary N) is 1. The van der Waals surface area contributed by atoms with E-state index in [2.05, 4.69) is 10.3 Å². The Labute approximate surface area is 110 Å². The smallest absolute Gasteiger partial charge is 0.255 e. The minimum Gasteiger partial charge on any atom is -0.399 e. The van der Waals surface area contributed by atoms with E-state index < -0.39 is 0 Å². The number of hydrogen-bond donors (Lipinski definition) is 2. The molecule has 0 atom stereocenters. The van der Waals surface area contributed by atoms with Crippen LogP contribution in [-0.2, 0) is 0 Å². The molecule has 0 fully saturated rings. The van der Waals surface area contributed by atoms with Crippen molar-refractivity contribution in [3.8, 4) is 0 Å². The number of hydrogen-bond acceptors (Lipinski definition) is 3. The Kier molecular flexibility index (Phi) is 3.48.